The molecule has 0 unspecified atom stereocenters. The summed E-state index contributed by atoms with van der Waals surface area (Å²) in [6.45, 7) is 4.00. The van der Waals surface area contributed by atoms with E-state index in [9.17, 15) is 14.7 Å². The van der Waals surface area contributed by atoms with Crippen LogP contribution in [0.1, 0.15) is 64.7 Å². The van der Waals surface area contributed by atoms with Gasteiger partial charge in [-0.15, -0.1) is 0 Å². The van der Waals surface area contributed by atoms with E-state index in [1.807, 2.05) is 6.92 Å². The molecule has 0 aromatic rings. The number of nitrogens with zero attached hydrogens (tertiary/aromatic N) is 1. The van der Waals surface area contributed by atoms with Crippen molar-refractivity contribution in [2.45, 2.75) is 70.3 Å². The highest BCUT2D eigenvalue weighted by Gasteiger charge is 2.26. The Kier molecular flexibility index (Phi) is 7.34. The second-order valence-corrected chi connectivity index (χ2v) is 7.63. The Bertz CT molecular complexity index is 420. The molecular weight excluding hydrogens is 306 g/mol. The lowest BCUT2D eigenvalue weighted by molar-refractivity contribution is -0.122. The lowest BCUT2D eigenvalue weighted by Crippen LogP contribution is -2.44. The topological polar surface area (TPSA) is 81.7 Å². The summed E-state index contributed by atoms with van der Waals surface area (Å²) in [5, 5.41) is 15.8. The van der Waals surface area contributed by atoms with Gasteiger partial charge in [0.05, 0.1) is 5.60 Å². The van der Waals surface area contributed by atoms with Gasteiger partial charge in [0.15, 0.2) is 0 Å². The van der Waals surface area contributed by atoms with E-state index in [1.54, 1.807) is 4.90 Å². The Labute approximate surface area is 145 Å². The van der Waals surface area contributed by atoms with Crippen molar-refractivity contribution in [1.29, 1.82) is 0 Å². The van der Waals surface area contributed by atoms with Crippen LogP contribution in [0.2, 0.25) is 0 Å². The van der Waals surface area contributed by atoms with E-state index in [2.05, 4.69) is 10.6 Å². The lowest BCUT2D eigenvalue weighted by Gasteiger charge is -2.23. The maximum Gasteiger partial charge on any atom is 0.317 e. The van der Waals surface area contributed by atoms with Gasteiger partial charge >= 0.3 is 6.03 Å². The Morgan fingerprint density at radius 1 is 1.04 bits per heavy atom. The zero-order valence-corrected chi connectivity index (χ0v) is 15.0. The molecule has 1 atom stereocenters. The molecule has 2 rings (SSSR count). The van der Waals surface area contributed by atoms with Crippen LogP contribution in [0.5, 0.6) is 0 Å². The molecule has 6 heteroatoms. The van der Waals surface area contributed by atoms with Gasteiger partial charge in [0.1, 0.15) is 0 Å². The van der Waals surface area contributed by atoms with E-state index >= 15 is 0 Å². The van der Waals surface area contributed by atoms with Crippen LogP contribution in [-0.4, -0.2) is 53.7 Å². The second-order valence-electron chi connectivity index (χ2n) is 7.63. The molecule has 2 aliphatic rings. The molecule has 1 saturated carbocycles. The van der Waals surface area contributed by atoms with Crippen LogP contribution in [-0.2, 0) is 4.79 Å². The van der Waals surface area contributed by atoms with Crippen LogP contribution in [0.25, 0.3) is 0 Å². The summed E-state index contributed by atoms with van der Waals surface area (Å²) < 4.78 is 0. The molecule has 3 N–H and O–H groups in total. The summed E-state index contributed by atoms with van der Waals surface area (Å²) in [4.78, 5) is 25.8. The number of hydrogen-bond donors (Lipinski definition) is 3. The quantitative estimate of drug-likeness (QED) is 0.670. The van der Waals surface area contributed by atoms with Crippen molar-refractivity contribution < 1.29 is 14.7 Å². The number of hydrogen-bond acceptors (Lipinski definition) is 3. The number of nitrogens with one attached hydrogen (secondary N) is 2. The minimum Gasteiger partial charge on any atom is -0.390 e. The van der Waals surface area contributed by atoms with E-state index < -0.39 is 5.60 Å². The minimum atomic E-state index is -0.665. The summed E-state index contributed by atoms with van der Waals surface area (Å²) in [7, 11) is 0. The Balaban J connectivity index is 1.57. The van der Waals surface area contributed by atoms with E-state index in [4.69, 9.17) is 0 Å². The molecule has 1 aliphatic carbocycles. The summed E-state index contributed by atoms with van der Waals surface area (Å²) in [5.41, 5.74) is -0.665. The third-order valence-electron chi connectivity index (χ3n) is 5.27. The van der Waals surface area contributed by atoms with Gasteiger partial charge in [-0.25, -0.2) is 4.79 Å². The first-order valence-corrected chi connectivity index (χ1v) is 9.48. The highest BCUT2D eigenvalue weighted by molar-refractivity contribution is 5.76. The summed E-state index contributed by atoms with van der Waals surface area (Å²) in [6, 6.07) is -0.103. The van der Waals surface area contributed by atoms with Crippen LogP contribution >= 0.6 is 0 Å². The third kappa shape index (κ3) is 6.67. The van der Waals surface area contributed by atoms with Crippen LogP contribution < -0.4 is 10.6 Å². The molecule has 2 fully saturated rings. The van der Waals surface area contributed by atoms with Crippen LogP contribution in [0.4, 0.5) is 4.79 Å². The number of carbonyl (C=O) groups is 2. The molecule has 138 valence electrons. The van der Waals surface area contributed by atoms with Gasteiger partial charge in [-0.1, -0.05) is 19.3 Å². The van der Waals surface area contributed by atoms with Gasteiger partial charge in [-0.3, -0.25) is 4.79 Å². The van der Waals surface area contributed by atoms with Gasteiger partial charge in [0, 0.05) is 32.6 Å². The smallest absolute Gasteiger partial charge is 0.317 e. The fourth-order valence-electron chi connectivity index (χ4n) is 3.68. The van der Waals surface area contributed by atoms with Gasteiger partial charge in [0.2, 0.25) is 5.91 Å². The fourth-order valence-corrected chi connectivity index (χ4v) is 3.68. The fraction of sp³-hybridized carbons (Fsp3) is 0.889. The average molecular weight is 339 g/mol. The zero-order valence-electron chi connectivity index (χ0n) is 15.0. The van der Waals surface area contributed by atoms with Gasteiger partial charge in [-0.2, -0.15) is 0 Å². The first kappa shape index (κ1) is 19.0. The molecule has 1 aliphatic heterocycles. The summed E-state index contributed by atoms with van der Waals surface area (Å²) in [6.07, 6.45) is 8.91. The molecule has 6 nitrogen and oxygen atoms in total. The second kappa shape index (κ2) is 9.25. The van der Waals surface area contributed by atoms with Crippen molar-refractivity contribution in [2.24, 2.45) is 5.92 Å². The number of likely N-dealkylation sites (tertiary alicyclic amines) is 1. The number of rotatable bonds is 5. The zero-order chi connectivity index (χ0) is 17.4. The first-order valence-electron chi connectivity index (χ1n) is 9.48. The highest BCUT2D eigenvalue weighted by Crippen LogP contribution is 2.26. The van der Waals surface area contributed by atoms with Crippen LogP contribution in [0.15, 0.2) is 0 Å². The normalized spacial score (nSPS) is 25.8. The number of carbonyl (C=O) groups excluding carboxylic acids is 2. The first-order chi connectivity index (χ1) is 11.5. The molecule has 1 saturated heterocycles. The lowest BCUT2D eigenvalue weighted by atomic mass is 9.87. The SMILES string of the molecule is C[C@@]1(O)CCCN(C(=O)NCCNC(=O)CC2CCCCC2)CC1. The highest BCUT2D eigenvalue weighted by atomic mass is 16.3. The van der Waals surface area contributed by atoms with E-state index in [-0.39, 0.29) is 11.9 Å². The predicted octanol–water partition coefficient (Wildman–Crippen LogP) is 2.02. The number of urea groups is 1. The van der Waals surface area contributed by atoms with Crippen molar-refractivity contribution in [2.75, 3.05) is 26.2 Å². The van der Waals surface area contributed by atoms with Gasteiger partial charge < -0.3 is 20.6 Å². The summed E-state index contributed by atoms with van der Waals surface area (Å²) in [5.74, 6) is 0.639. The van der Waals surface area contributed by atoms with Crippen molar-refractivity contribution in [3.63, 3.8) is 0 Å². The standard InChI is InChI=1S/C18H33N3O3/c1-18(24)8-5-12-21(13-9-18)17(23)20-11-10-19-16(22)14-15-6-3-2-4-7-15/h15,24H,2-14H2,1H3,(H,19,22)(H,20,23)/t18-/m1/s1. The van der Waals surface area contributed by atoms with E-state index in [0.717, 1.165) is 12.8 Å². The monoisotopic (exact) mass is 339 g/mol. The maximum absolute atomic E-state index is 12.1. The maximum atomic E-state index is 12.1. The van der Waals surface area contributed by atoms with Gasteiger partial charge in [-0.05, 0) is 44.9 Å². The molecule has 3 amide bonds. The van der Waals surface area contributed by atoms with Crippen molar-refractivity contribution >= 4 is 11.9 Å². The molecule has 0 bridgehead atoms. The largest absolute Gasteiger partial charge is 0.390 e. The Morgan fingerprint density at radius 2 is 1.75 bits per heavy atom. The summed E-state index contributed by atoms with van der Waals surface area (Å²) >= 11 is 0. The predicted molar refractivity (Wildman–Crippen MR) is 93.6 cm³/mol. The van der Waals surface area contributed by atoms with Crippen LogP contribution in [0, 0.1) is 5.92 Å². The van der Waals surface area contributed by atoms with Crippen molar-refractivity contribution in [3.8, 4) is 0 Å². The minimum absolute atomic E-state index is 0.0990. The third-order valence-corrected chi connectivity index (χ3v) is 5.27. The average Bonchev–Trinajstić information content (AvgIpc) is 2.73. The van der Waals surface area contributed by atoms with Gasteiger partial charge in [0.25, 0.3) is 0 Å². The molecule has 0 radical (unpaired) electrons. The van der Waals surface area contributed by atoms with E-state index in [1.165, 1.54) is 32.1 Å². The molecule has 0 aromatic heterocycles. The molecule has 0 aromatic carbocycles. The molecule has 0 spiro atoms. The molecule has 1 heterocycles. The Hall–Kier alpha value is -1.30. The van der Waals surface area contributed by atoms with Crippen LogP contribution in [0.3, 0.4) is 0 Å². The number of amides is 3. The molecule has 24 heavy (non-hydrogen) atoms. The van der Waals surface area contributed by atoms with Crippen molar-refractivity contribution in [3.05, 3.63) is 0 Å². The van der Waals surface area contributed by atoms with E-state index in [0.29, 0.717) is 44.9 Å². The Morgan fingerprint density at radius 3 is 2.50 bits per heavy atom. The van der Waals surface area contributed by atoms with Crippen molar-refractivity contribution in [1.82, 2.24) is 15.5 Å². The number of aliphatic hydroxyl groups is 1. The molecular formula is C18H33N3O3.